The van der Waals surface area contributed by atoms with Gasteiger partial charge in [-0.1, -0.05) is 17.3 Å². The highest BCUT2D eigenvalue weighted by atomic mass is 19.1. The van der Waals surface area contributed by atoms with E-state index in [9.17, 15) is 4.39 Å². The summed E-state index contributed by atoms with van der Waals surface area (Å²) in [4.78, 5) is 0. The van der Waals surface area contributed by atoms with Crippen molar-refractivity contribution in [2.75, 3.05) is 6.54 Å². The van der Waals surface area contributed by atoms with Gasteiger partial charge in [-0.25, -0.2) is 4.39 Å². The van der Waals surface area contributed by atoms with Gasteiger partial charge in [-0.05, 0) is 25.1 Å². The van der Waals surface area contributed by atoms with Crippen molar-refractivity contribution in [1.82, 2.24) is 15.0 Å². The normalized spacial score (nSPS) is 10.6. The van der Waals surface area contributed by atoms with Crippen LogP contribution in [0.2, 0.25) is 0 Å². The van der Waals surface area contributed by atoms with Crippen molar-refractivity contribution in [3.63, 3.8) is 0 Å². The third kappa shape index (κ3) is 2.25. The molecule has 0 saturated carbocycles. The highest BCUT2D eigenvalue weighted by Gasteiger charge is 2.07. The third-order valence-electron chi connectivity index (χ3n) is 2.28. The predicted octanol–water partition coefficient (Wildman–Crippen LogP) is 1.43. The van der Waals surface area contributed by atoms with Crippen molar-refractivity contribution < 1.29 is 4.39 Å². The maximum atomic E-state index is 13.4. The smallest absolute Gasteiger partial charge is 0.132 e. The van der Waals surface area contributed by atoms with Gasteiger partial charge >= 0.3 is 0 Å². The molecule has 0 radical (unpaired) electrons. The van der Waals surface area contributed by atoms with Gasteiger partial charge in [0.15, 0.2) is 0 Å². The molecule has 0 unspecified atom stereocenters. The zero-order chi connectivity index (χ0) is 11.4. The summed E-state index contributed by atoms with van der Waals surface area (Å²) in [5, 5.41) is 7.85. The molecule has 1 heterocycles. The van der Waals surface area contributed by atoms with E-state index in [0.29, 0.717) is 24.3 Å². The van der Waals surface area contributed by atoms with Gasteiger partial charge in [-0.3, -0.25) is 4.68 Å². The third-order valence-corrected chi connectivity index (χ3v) is 2.28. The molecule has 0 bridgehead atoms. The highest BCUT2D eigenvalue weighted by molar-refractivity contribution is 5.58. The molecular formula is C11H13FN4. The Kier molecular flexibility index (Phi) is 3.26. The molecule has 2 N–H and O–H groups in total. The van der Waals surface area contributed by atoms with Crippen molar-refractivity contribution in [2.45, 2.75) is 13.0 Å². The Hall–Kier alpha value is -1.75. The lowest BCUT2D eigenvalue weighted by Gasteiger charge is -1.97. The molecule has 84 valence electrons. The van der Waals surface area contributed by atoms with Crippen LogP contribution in [-0.4, -0.2) is 21.5 Å². The van der Waals surface area contributed by atoms with Gasteiger partial charge in [0.2, 0.25) is 0 Å². The molecule has 0 saturated heterocycles. The first-order valence-electron chi connectivity index (χ1n) is 5.16. The van der Waals surface area contributed by atoms with Gasteiger partial charge in [0.25, 0.3) is 0 Å². The van der Waals surface area contributed by atoms with Crippen molar-refractivity contribution >= 4 is 0 Å². The standard InChI is InChI=1S/C11H13FN4/c12-10-5-2-1-4-9(10)11-8-16(15-14-11)7-3-6-13/h1-2,4-5,8H,3,6-7,13H2. The van der Waals surface area contributed by atoms with Crippen LogP contribution in [0.25, 0.3) is 11.3 Å². The Balaban J connectivity index is 2.22. The largest absolute Gasteiger partial charge is 0.330 e. The Bertz CT molecular complexity index is 467. The predicted molar refractivity (Wildman–Crippen MR) is 59.1 cm³/mol. The Morgan fingerprint density at radius 1 is 1.31 bits per heavy atom. The summed E-state index contributed by atoms with van der Waals surface area (Å²) in [5.41, 5.74) is 6.42. The fourth-order valence-electron chi connectivity index (χ4n) is 1.45. The average Bonchev–Trinajstić information content (AvgIpc) is 2.75. The topological polar surface area (TPSA) is 56.7 Å². The maximum absolute atomic E-state index is 13.4. The van der Waals surface area contributed by atoms with Gasteiger partial charge in [0.1, 0.15) is 11.5 Å². The Morgan fingerprint density at radius 3 is 2.88 bits per heavy atom. The zero-order valence-electron chi connectivity index (χ0n) is 8.81. The average molecular weight is 220 g/mol. The first-order valence-corrected chi connectivity index (χ1v) is 5.16. The fraction of sp³-hybridized carbons (Fsp3) is 0.273. The summed E-state index contributed by atoms with van der Waals surface area (Å²) in [5.74, 6) is -0.284. The molecular weight excluding hydrogens is 207 g/mol. The quantitative estimate of drug-likeness (QED) is 0.848. The van der Waals surface area contributed by atoms with E-state index in [1.54, 1.807) is 29.1 Å². The number of aromatic nitrogens is 3. The van der Waals surface area contributed by atoms with Crippen molar-refractivity contribution in [3.8, 4) is 11.3 Å². The molecule has 1 aromatic heterocycles. The first kappa shape index (κ1) is 10.8. The Labute approximate surface area is 92.9 Å². The minimum Gasteiger partial charge on any atom is -0.330 e. The summed E-state index contributed by atoms with van der Waals surface area (Å²) >= 11 is 0. The number of halogens is 1. The van der Waals surface area contributed by atoms with Crippen LogP contribution in [0.3, 0.4) is 0 Å². The molecule has 5 heteroatoms. The summed E-state index contributed by atoms with van der Waals surface area (Å²) in [6.07, 6.45) is 2.56. The van der Waals surface area contributed by atoms with Crippen LogP contribution < -0.4 is 5.73 Å². The van der Waals surface area contributed by atoms with Crippen LogP contribution in [0, 0.1) is 5.82 Å². The van der Waals surface area contributed by atoms with Gasteiger partial charge in [-0.15, -0.1) is 5.10 Å². The van der Waals surface area contributed by atoms with Crippen LogP contribution in [0.15, 0.2) is 30.5 Å². The molecule has 2 aromatic rings. The van der Waals surface area contributed by atoms with Crippen molar-refractivity contribution in [3.05, 3.63) is 36.3 Å². The number of aryl methyl sites for hydroxylation is 1. The second-order valence-electron chi connectivity index (χ2n) is 3.49. The van der Waals surface area contributed by atoms with Crippen molar-refractivity contribution in [2.24, 2.45) is 5.73 Å². The van der Waals surface area contributed by atoms with Crippen LogP contribution in [0.1, 0.15) is 6.42 Å². The maximum Gasteiger partial charge on any atom is 0.132 e. The monoisotopic (exact) mass is 220 g/mol. The molecule has 4 nitrogen and oxygen atoms in total. The van der Waals surface area contributed by atoms with E-state index in [-0.39, 0.29) is 5.82 Å². The van der Waals surface area contributed by atoms with Gasteiger partial charge in [0.05, 0.1) is 6.20 Å². The van der Waals surface area contributed by atoms with E-state index < -0.39 is 0 Å². The summed E-state index contributed by atoms with van der Waals surface area (Å²) in [6, 6.07) is 6.52. The zero-order valence-corrected chi connectivity index (χ0v) is 8.81. The molecule has 16 heavy (non-hydrogen) atoms. The van der Waals surface area contributed by atoms with Crippen LogP contribution in [0.5, 0.6) is 0 Å². The molecule has 0 aliphatic heterocycles. The van der Waals surface area contributed by atoms with E-state index in [4.69, 9.17) is 5.73 Å². The summed E-state index contributed by atoms with van der Waals surface area (Å²) < 4.78 is 15.1. The number of rotatable bonds is 4. The molecule has 0 amide bonds. The Morgan fingerprint density at radius 2 is 2.12 bits per heavy atom. The SMILES string of the molecule is NCCCn1cc(-c2ccccc2F)nn1. The first-order chi connectivity index (χ1) is 7.81. The van der Waals surface area contributed by atoms with Gasteiger partial charge in [0, 0.05) is 12.1 Å². The van der Waals surface area contributed by atoms with E-state index in [1.165, 1.54) is 6.07 Å². The van der Waals surface area contributed by atoms with Gasteiger partial charge < -0.3 is 5.73 Å². The summed E-state index contributed by atoms with van der Waals surface area (Å²) in [7, 11) is 0. The number of nitrogens with two attached hydrogens (primary N) is 1. The second-order valence-corrected chi connectivity index (χ2v) is 3.49. The highest BCUT2D eigenvalue weighted by Crippen LogP contribution is 2.19. The molecule has 0 aliphatic carbocycles. The van der Waals surface area contributed by atoms with E-state index in [1.807, 2.05) is 0 Å². The van der Waals surface area contributed by atoms with Crippen LogP contribution >= 0.6 is 0 Å². The number of hydrogen-bond donors (Lipinski definition) is 1. The van der Waals surface area contributed by atoms with E-state index >= 15 is 0 Å². The molecule has 1 aromatic carbocycles. The molecule has 0 aliphatic rings. The minimum absolute atomic E-state index is 0.284. The second kappa shape index (κ2) is 4.85. The van der Waals surface area contributed by atoms with Crippen molar-refractivity contribution in [1.29, 1.82) is 0 Å². The lowest BCUT2D eigenvalue weighted by molar-refractivity contribution is 0.564. The number of nitrogens with zero attached hydrogens (tertiary/aromatic N) is 3. The van der Waals surface area contributed by atoms with Crippen LogP contribution in [-0.2, 0) is 6.54 Å². The molecule has 0 fully saturated rings. The molecule has 0 atom stereocenters. The number of benzene rings is 1. The minimum atomic E-state index is -0.284. The van der Waals surface area contributed by atoms with Gasteiger partial charge in [-0.2, -0.15) is 0 Å². The lowest BCUT2D eigenvalue weighted by atomic mass is 10.1. The summed E-state index contributed by atoms with van der Waals surface area (Å²) in [6.45, 7) is 1.31. The van der Waals surface area contributed by atoms with E-state index in [2.05, 4.69) is 10.3 Å². The molecule has 0 spiro atoms. The lowest BCUT2D eigenvalue weighted by Crippen LogP contribution is -2.06. The number of hydrogen-bond acceptors (Lipinski definition) is 3. The van der Waals surface area contributed by atoms with E-state index in [0.717, 1.165) is 6.42 Å². The fourth-order valence-corrected chi connectivity index (χ4v) is 1.45. The van der Waals surface area contributed by atoms with Crippen LogP contribution in [0.4, 0.5) is 4.39 Å². The molecule has 2 rings (SSSR count).